The summed E-state index contributed by atoms with van der Waals surface area (Å²) in [6.07, 6.45) is 0.841. The topological polar surface area (TPSA) is 93.8 Å². The van der Waals surface area contributed by atoms with Gasteiger partial charge in [-0.05, 0) is 24.1 Å². The van der Waals surface area contributed by atoms with Crippen LogP contribution in [0.5, 0.6) is 11.5 Å². The first kappa shape index (κ1) is 21.3. The second-order valence-corrected chi connectivity index (χ2v) is 7.06. The molecule has 1 aromatic carbocycles. The molecule has 2 heterocycles. The molecule has 0 radical (unpaired) electrons. The summed E-state index contributed by atoms with van der Waals surface area (Å²) in [6, 6.07) is 5.99. The van der Waals surface area contributed by atoms with E-state index in [2.05, 4.69) is 25.8 Å². The van der Waals surface area contributed by atoms with E-state index in [1.165, 1.54) is 5.56 Å². The van der Waals surface area contributed by atoms with Crippen molar-refractivity contribution in [1.29, 1.82) is 0 Å². The number of fused-ring (bicyclic) bond motifs is 1. The van der Waals surface area contributed by atoms with Crippen molar-refractivity contribution in [2.45, 2.75) is 39.2 Å². The number of nitrogens with one attached hydrogen (secondary N) is 2. The zero-order valence-electron chi connectivity index (χ0n) is 16.0. The predicted molar refractivity (Wildman–Crippen MR) is 113 cm³/mol. The first-order valence-electron chi connectivity index (χ1n) is 8.62. The molecule has 0 saturated heterocycles. The smallest absolute Gasteiger partial charge is 0.232 e. The maximum Gasteiger partial charge on any atom is 0.232 e. The quantitative estimate of drug-likeness (QED) is 0.381. The molecule has 1 aliphatic heterocycles. The maximum absolute atomic E-state index is 5.40. The van der Waals surface area contributed by atoms with Crippen molar-refractivity contribution in [3.8, 4) is 11.5 Å². The minimum absolute atomic E-state index is 0. The fraction of sp³-hybridized carbons (Fsp3) is 0.500. The molecule has 27 heavy (non-hydrogen) atoms. The van der Waals surface area contributed by atoms with Gasteiger partial charge in [0.25, 0.3) is 0 Å². The molecule has 0 spiro atoms. The molecule has 2 aromatic rings. The van der Waals surface area contributed by atoms with Crippen molar-refractivity contribution >= 4 is 29.9 Å². The Morgan fingerprint density at radius 2 is 1.96 bits per heavy atom. The van der Waals surface area contributed by atoms with Crippen molar-refractivity contribution in [2.75, 3.05) is 20.4 Å². The van der Waals surface area contributed by atoms with Crippen LogP contribution in [0.2, 0.25) is 0 Å². The van der Waals surface area contributed by atoms with Crippen LogP contribution in [-0.2, 0) is 18.4 Å². The third-order valence-electron chi connectivity index (χ3n) is 3.89. The van der Waals surface area contributed by atoms with E-state index in [4.69, 9.17) is 14.0 Å². The minimum atomic E-state index is -0.157. The van der Waals surface area contributed by atoms with E-state index >= 15 is 0 Å². The van der Waals surface area contributed by atoms with Crippen LogP contribution in [0.3, 0.4) is 0 Å². The van der Waals surface area contributed by atoms with Crippen molar-refractivity contribution in [1.82, 2.24) is 20.8 Å². The summed E-state index contributed by atoms with van der Waals surface area (Å²) < 4.78 is 16.0. The molecule has 0 unspecified atom stereocenters. The van der Waals surface area contributed by atoms with Crippen LogP contribution in [0.4, 0.5) is 0 Å². The molecule has 0 saturated carbocycles. The Kier molecular flexibility index (Phi) is 7.28. The fourth-order valence-corrected chi connectivity index (χ4v) is 2.44. The molecular formula is C18H26IN5O3. The van der Waals surface area contributed by atoms with Crippen LogP contribution in [0.25, 0.3) is 0 Å². The number of guanidine groups is 1. The number of benzene rings is 1. The van der Waals surface area contributed by atoms with Crippen molar-refractivity contribution in [2.24, 2.45) is 4.99 Å². The number of hydrogen-bond acceptors (Lipinski definition) is 6. The van der Waals surface area contributed by atoms with Gasteiger partial charge in [-0.3, -0.25) is 4.99 Å². The van der Waals surface area contributed by atoms with Gasteiger partial charge in [0.1, 0.15) is 0 Å². The molecule has 3 rings (SSSR count). The summed E-state index contributed by atoms with van der Waals surface area (Å²) in [5, 5.41) is 10.5. The monoisotopic (exact) mass is 487 g/mol. The average molecular weight is 487 g/mol. The lowest BCUT2D eigenvalue weighted by atomic mass is 9.97. The van der Waals surface area contributed by atoms with Gasteiger partial charge in [0.2, 0.25) is 12.7 Å². The fourth-order valence-electron chi connectivity index (χ4n) is 2.44. The predicted octanol–water partition coefficient (Wildman–Crippen LogP) is 2.62. The van der Waals surface area contributed by atoms with E-state index in [-0.39, 0.29) is 29.4 Å². The molecule has 0 aliphatic carbocycles. The summed E-state index contributed by atoms with van der Waals surface area (Å²) in [5.74, 6) is 3.52. The third-order valence-corrected chi connectivity index (χ3v) is 3.89. The van der Waals surface area contributed by atoms with Crippen molar-refractivity contribution < 1.29 is 14.0 Å². The summed E-state index contributed by atoms with van der Waals surface area (Å²) >= 11 is 0. The Bertz CT molecular complexity index is 786. The van der Waals surface area contributed by atoms with Crippen LogP contribution >= 0.6 is 24.0 Å². The van der Waals surface area contributed by atoms with E-state index < -0.39 is 0 Å². The van der Waals surface area contributed by atoms with E-state index in [1.807, 2.05) is 39.0 Å². The zero-order chi connectivity index (χ0) is 18.6. The molecule has 2 N–H and O–H groups in total. The van der Waals surface area contributed by atoms with Gasteiger partial charge in [0.05, 0.1) is 6.54 Å². The van der Waals surface area contributed by atoms with Gasteiger partial charge < -0.3 is 24.6 Å². The van der Waals surface area contributed by atoms with Gasteiger partial charge >= 0.3 is 0 Å². The highest BCUT2D eigenvalue weighted by Gasteiger charge is 2.21. The van der Waals surface area contributed by atoms with Crippen LogP contribution in [-0.4, -0.2) is 36.5 Å². The highest BCUT2D eigenvalue weighted by atomic mass is 127. The van der Waals surface area contributed by atoms with Gasteiger partial charge in [0.15, 0.2) is 23.3 Å². The number of aromatic nitrogens is 2. The number of rotatable bonds is 5. The lowest BCUT2D eigenvalue weighted by molar-refractivity contribution is 0.174. The Hall–Kier alpha value is -2.04. The summed E-state index contributed by atoms with van der Waals surface area (Å²) in [7, 11) is 1.73. The SMILES string of the molecule is CN=C(NCCc1ccc2c(c1)OCO2)NCc1noc(C(C)(C)C)n1.I. The number of halogens is 1. The van der Waals surface area contributed by atoms with Gasteiger partial charge in [0, 0.05) is 19.0 Å². The zero-order valence-corrected chi connectivity index (χ0v) is 18.4. The first-order chi connectivity index (χ1) is 12.5. The van der Waals surface area contributed by atoms with E-state index in [0.29, 0.717) is 31.0 Å². The van der Waals surface area contributed by atoms with Crippen molar-refractivity contribution in [3.63, 3.8) is 0 Å². The summed E-state index contributed by atoms with van der Waals surface area (Å²) in [6.45, 7) is 7.58. The summed E-state index contributed by atoms with van der Waals surface area (Å²) in [5.41, 5.74) is 1.01. The Labute approximate surface area is 176 Å². The van der Waals surface area contributed by atoms with Gasteiger partial charge in [-0.1, -0.05) is 32.0 Å². The summed E-state index contributed by atoms with van der Waals surface area (Å²) in [4.78, 5) is 8.61. The molecule has 0 fully saturated rings. The van der Waals surface area contributed by atoms with E-state index in [1.54, 1.807) is 7.05 Å². The largest absolute Gasteiger partial charge is 0.454 e. The van der Waals surface area contributed by atoms with Gasteiger partial charge in [-0.15, -0.1) is 24.0 Å². The molecule has 0 bridgehead atoms. The second-order valence-electron chi connectivity index (χ2n) is 7.06. The highest BCUT2D eigenvalue weighted by Crippen LogP contribution is 2.32. The number of hydrogen-bond donors (Lipinski definition) is 2. The average Bonchev–Trinajstić information content (AvgIpc) is 3.26. The Morgan fingerprint density at radius 3 is 2.67 bits per heavy atom. The number of ether oxygens (including phenoxy) is 2. The highest BCUT2D eigenvalue weighted by molar-refractivity contribution is 14.0. The van der Waals surface area contributed by atoms with E-state index in [0.717, 1.165) is 24.5 Å². The van der Waals surface area contributed by atoms with Crippen LogP contribution in [0.1, 0.15) is 38.0 Å². The Morgan fingerprint density at radius 1 is 1.19 bits per heavy atom. The molecule has 148 valence electrons. The molecule has 8 nitrogen and oxygen atoms in total. The molecule has 1 aliphatic rings. The molecule has 0 atom stereocenters. The Balaban J connectivity index is 0.00000261. The first-order valence-corrected chi connectivity index (χ1v) is 8.62. The lowest BCUT2D eigenvalue weighted by Crippen LogP contribution is -2.38. The van der Waals surface area contributed by atoms with E-state index in [9.17, 15) is 0 Å². The molecule has 0 amide bonds. The van der Waals surface area contributed by atoms with Crippen LogP contribution in [0.15, 0.2) is 27.7 Å². The lowest BCUT2D eigenvalue weighted by Gasteiger charge is -2.11. The number of nitrogens with zero attached hydrogens (tertiary/aromatic N) is 3. The second kappa shape index (κ2) is 9.25. The maximum atomic E-state index is 5.40. The molecule has 9 heteroatoms. The van der Waals surface area contributed by atoms with Gasteiger partial charge in [-0.25, -0.2) is 0 Å². The van der Waals surface area contributed by atoms with Gasteiger partial charge in [-0.2, -0.15) is 4.98 Å². The van der Waals surface area contributed by atoms with Crippen LogP contribution in [0, 0.1) is 0 Å². The normalized spacial score (nSPS) is 13.3. The van der Waals surface area contributed by atoms with Crippen LogP contribution < -0.4 is 20.1 Å². The third kappa shape index (κ3) is 5.72. The molecule has 1 aromatic heterocycles. The number of aliphatic imine (C=N–C) groups is 1. The minimum Gasteiger partial charge on any atom is -0.454 e. The molecular weight excluding hydrogens is 461 g/mol. The standard InChI is InChI=1S/C18H25N5O3.HI/c1-18(2,3)16-22-15(23-26-16)10-21-17(19-4)20-8-7-12-5-6-13-14(9-12)25-11-24-13;/h5-6,9H,7-8,10-11H2,1-4H3,(H2,19,20,21);1H. The van der Waals surface area contributed by atoms with Crippen molar-refractivity contribution in [3.05, 3.63) is 35.5 Å².